The first-order chi connectivity index (χ1) is 6.83. The van der Waals surface area contributed by atoms with E-state index in [1.54, 1.807) is 0 Å². The molecule has 1 aliphatic heterocycles. The van der Waals surface area contributed by atoms with Crippen LogP contribution in [0.3, 0.4) is 0 Å². The minimum absolute atomic E-state index is 0.0730. The van der Waals surface area contributed by atoms with Crippen LogP contribution < -0.4 is 10.7 Å². The average Bonchev–Trinajstić information content (AvgIpc) is 2.25. The Hall–Kier alpha value is -0.980. The van der Waals surface area contributed by atoms with Gasteiger partial charge in [0.25, 0.3) is 0 Å². The molecule has 2 N–H and O–H groups in total. The van der Waals surface area contributed by atoms with Crippen LogP contribution in [0, 0.1) is 0 Å². The number of hydrogen-bond acceptors (Lipinski definition) is 5. The Balaban J connectivity index is 2.06. The van der Waals surface area contributed by atoms with Crippen LogP contribution >= 0.6 is 0 Å². The highest BCUT2D eigenvalue weighted by molar-refractivity contribution is 5.79. The molecule has 0 spiro atoms. The second-order valence-electron chi connectivity index (χ2n) is 2.91. The summed E-state index contributed by atoms with van der Waals surface area (Å²) in [4.78, 5) is 21.0. The van der Waals surface area contributed by atoms with E-state index in [4.69, 9.17) is 4.74 Å². The van der Waals surface area contributed by atoms with E-state index in [2.05, 4.69) is 10.7 Å². The van der Waals surface area contributed by atoms with Crippen molar-refractivity contribution in [3.8, 4) is 0 Å². The number of carbonyl (C=O) groups is 2. The number of morpholine rings is 1. The van der Waals surface area contributed by atoms with Gasteiger partial charge in [-0.25, -0.2) is 10.4 Å². The summed E-state index contributed by atoms with van der Waals surface area (Å²) in [6, 6.07) is 0. The lowest BCUT2D eigenvalue weighted by Gasteiger charge is -2.26. The minimum atomic E-state index is -0.177. The summed E-state index contributed by atoms with van der Waals surface area (Å²) in [6.07, 6.45) is 0.659. The molecule has 14 heavy (non-hydrogen) atoms. The highest BCUT2D eigenvalue weighted by atomic mass is 16.5. The van der Waals surface area contributed by atoms with Crippen molar-refractivity contribution < 1.29 is 14.3 Å². The molecule has 80 valence electrons. The highest BCUT2D eigenvalue weighted by Crippen LogP contribution is 1.91. The van der Waals surface area contributed by atoms with Crippen LogP contribution in [0.15, 0.2) is 0 Å². The number of rotatable bonds is 5. The molecule has 0 radical (unpaired) electrons. The molecule has 1 amide bonds. The van der Waals surface area contributed by atoms with Gasteiger partial charge in [0.15, 0.2) is 0 Å². The molecule has 0 aliphatic carbocycles. The van der Waals surface area contributed by atoms with Crippen LogP contribution in [-0.4, -0.2) is 56.6 Å². The number of carbonyl (C=O) groups excluding carboxylic acids is 2. The third kappa shape index (κ3) is 4.31. The summed E-state index contributed by atoms with van der Waals surface area (Å²) in [5.41, 5.74) is 2.96. The Kier molecular flexibility index (Phi) is 5.13. The molecule has 1 heterocycles. The SMILES string of the molecule is O=CCNC(=O)CNN1CCOCC1. The van der Waals surface area contributed by atoms with E-state index in [0.717, 1.165) is 13.1 Å². The maximum absolute atomic E-state index is 11.1. The minimum Gasteiger partial charge on any atom is -0.379 e. The van der Waals surface area contributed by atoms with Crippen LogP contribution in [0.25, 0.3) is 0 Å². The van der Waals surface area contributed by atoms with Gasteiger partial charge < -0.3 is 14.8 Å². The van der Waals surface area contributed by atoms with Gasteiger partial charge in [0.1, 0.15) is 6.29 Å². The first kappa shape index (κ1) is 11.1. The maximum atomic E-state index is 11.1. The van der Waals surface area contributed by atoms with E-state index < -0.39 is 0 Å². The fraction of sp³-hybridized carbons (Fsp3) is 0.750. The van der Waals surface area contributed by atoms with Crippen LogP contribution in [0.5, 0.6) is 0 Å². The summed E-state index contributed by atoms with van der Waals surface area (Å²) in [5.74, 6) is -0.177. The van der Waals surface area contributed by atoms with Crippen molar-refractivity contribution in [3.63, 3.8) is 0 Å². The predicted octanol–water partition coefficient (Wildman–Crippen LogP) is -1.86. The lowest BCUT2D eigenvalue weighted by atomic mass is 10.5. The van der Waals surface area contributed by atoms with E-state index in [9.17, 15) is 9.59 Å². The van der Waals surface area contributed by atoms with Crippen molar-refractivity contribution in [2.75, 3.05) is 39.4 Å². The van der Waals surface area contributed by atoms with Gasteiger partial charge in [-0.3, -0.25) is 4.79 Å². The normalized spacial score (nSPS) is 17.7. The third-order valence-corrected chi connectivity index (χ3v) is 1.86. The molecule has 1 fully saturated rings. The zero-order valence-corrected chi connectivity index (χ0v) is 7.99. The molecule has 0 aromatic heterocycles. The van der Waals surface area contributed by atoms with Gasteiger partial charge in [-0.15, -0.1) is 0 Å². The van der Waals surface area contributed by atoms with Crippen molar-refractivity contribution in [3.05, 3.63) is 0 Å². The van der Waals surface area contributed by atoms with Gasteiger partial charge >= 0.3 is 0 Å². The second kappa shape index (κ2) is 6.47. The van der Waals surface area contributed by atoms with Gasteiger partial charge in [-0.1, -0.05) is 0 Å². The molecule has 0 bridgehead atoms. The molecule has 0 aromatic rings. The molecule has 1 saturated heterocycles. The van der Waals surface area contributed by atoms with Gasteiger partial charge in [0.05, 0.1) is 26.3 Å². The van der Waals surface area contributed by atoms with Gasteiger partial charge in [-0.2, -0.15) is 0 Å². The Morgan fingerprint density at radius 1 is 1.43 bits per heavy atom. The van der Waals surface area contributed by atoms with Crippen molar-refractivity contribution in [1.82, 2.24) is 15.8 Å². The van der Waals surface area contributed by atoms with Crippen LogP contribution in [0.2, 0.25) is 0 Å². The zero-order chi connectivity index (χ0) is 10.2. The highest BCUT2D eigenvalue weighted by Gasteiger charge is 2.10. The summed E-state index contributed by atoms with van der Waals surface area (Å²) in [5, 5.41) is 4.38. The van der Waals surface area contributed by atoms with Crippen LogP contribution in [-0.2, 0) is 14.3 Å². The van der Waals surface area contributed by atoms with Gasteiger partial charge in [0, 0.05) is 13.1 Å². The van der Waals surface area contributed by atoms with E-state index in [-0.39, 0.29) is 19.0 Å². The average molecular weight is 201 g/mol. The van der Waals surface area contributed by atoms with E-state index in [0.29, 0.717) is 19.5 Å². The number of ether oxygens (including phenoxy) is 1. The number of nitrogens with zero attached hydrogens (tertiary/aromatic N) is 1. The number of amides is 1. The fourth-order valence-electron chi connectivity index (χ4n) is 1.12. The van der Waals surface area contributed by atoms with Crippen LogP contribution in [0.4, 0.5) is 0 Å². The number of hydrogen-bond donors (Lipinski definition) is 2. The summed E-state index contributed by atoms with van der Waals surface area (Å²) in [7, 11) is 0. The molecule has 6 nitrogen and oxygen atoms in total. The largest absolute Gasteiger partial charge is 0.379 e. The lowest BCUT2D eigenvalue weighted by Crippen LogP contribution is -2.49. The maximum Gasteiger partial charge on any atom is 0.235 e. The summed E-state index contributed by atoms with van der Waals surface area (Å²) in [6.45, 7) is 3.20. The Morgan fingerprint density at radius 2 is 2.14 bits per heavy atom. The van der Waals surface area contributed by atoms with Gasteiger partial charge in [-0.05, 0) is 0 Å². The second-order valence-corrected chi connectivity index (χ2v) is 2.91. The molecule has 0 aromatic carbocycles. The van der Waals surface area contributed by atoms with E-state index in [1.165, 1.54) is 0 Å². The monoisotopic (exact) mass is 201 g/mol. The van der Waals surface area contributed by atoms with Crippen molar-refractivity contribution in [1.29, 1.82) is 0 Å². The molecule has 0 saturated carbocycles. The first-order valence-electron chi connectivity index (χ1n) is 4.59. The Bertz CT molecular complexity index is 192. The fourth-order valence-corrected chi connectivity index (χ4v) is 1.12. The van der Waals surface area contributed by atoms with E-state index in [1.807, 2.05) is 5.01 Å². The van der Waals surface area contributed by atoms with Crippen molar-refractivity contribution >= 4 is 12.2 Å². The Labute approximate surface area is 82.6 Å². The number of hydrazine groups is 1. The molecular formula is C8H15N3O3. The molecule has 6 heteroatoms. The smallest absolute Gasteiger partial charge is 0.235 e. The molecule has 1 aliphatic rings. The summed E-state index contributed by atoms with van der Waals surface area (Å²) < 4.78 is 5.14. The van der Waals surface area contributed by atoms with Gasteiger partial charge in [0.2, 0.25) is 5.91 Å². The predicted molar refractivity (Wildman–Crippen MR) is 49.5 cm³/mol. The standard InChI is InChI=1S/C8H15N3O3/c12-4-1-9-8(13)7-10-11-2-5-14-6-3-11/h4,10H,1-3,5-7H2,(H,9,13). The summed E-state index contributed by atoms with van der Waals surface area (Å²) >= 11 is 0. The molecule has 1 rings (SSSR count). The Morgan fingerprint density at radius 3 is 2.79 bits per heavy atom. The van der Waals surface area contributed by atoms with Crippen molar-refractivity contribution in [2.45, 2.75) is 0 Å². The topological polar surface area (TPSA) is 70.7 Å². The first-order valence-corrected chi connectivity index (χ1v) is 4.59. The molecular weight excluding hydrogens is 186 g/mol. The molecule has 0 unspecified atom stereocenters. The van der Waals surface area contributed by atoms with Crippen molar-refractivity contribution in [2.24, 2.45) is 0 Å². The third-order valence-electron chi connectivity index (χ3n) is 1.86. The quantitative estimate of drug-likeness (QED) is 0.510. The lowest BCUT2D eigenvalue weighted by molar-refractivity contribution is -0.123. The number of aldehydes is 1. The van der Waals surface area contributed by atoms with E-state index >= 15 is 0 Å². The zero-order valence-electron chi connectivity index (χ0n) is 7.99. The van der Waals surface area contributed by atoms with Crippen LogP contribution in [0.1, 0.15) is 0 Å². The molecule has 0 atom stereocenters. The number of nitrogens with one attached hydrogen (secondary N) is 2.